The molecular weight excluding hydrogens is 287 g/mol. The molecule has 2 N–H and O–H groups in total. The van der Waals surface area contributed by atoms with E-state index in [1.165, 1.54) is 12.3 Å². The van der Waals surface area contributed by atoms with Crippen molar-refractivity contribution < 1.29 is 8.81 Å². The number of nitrogens with two attached hydrogens (primary N) is 1. The van der Waals surface area contributed by atoms with Gasteiger partial charge in [-0.05, 0) is 24.1 Å². The van der Waals surface area contributed by atoms with Crippen LogP contribution in [0.5, 0.6) is 0 Å². The highest BCUT2D eigenvalue weighted by Crippen LogP contribution is 2.20. The standard InChI is InChI=1S/C12H12BrFN2O/c1-7-16-12(6-17-7)11(15)4-8-2-3-9(13)5-10(8)14/h2-3,5-6,11H,4,15H2,1H3. The van der Waals surface area contributed by atoms with E-state index in [0.717, 1.165) is 0 Å². The number of halogens is 2. The summed E-state index contributed by atoms with van der Waals surface area (Å²) < 4.78 is 19.4. The van der Waals surface area contributed by atoms with Crippen LogP contribution in [0.15, 0.2) is 33.4 Å². The van der Waals surface area contributed by atoms with E-state index in [1.807, 2.05) is 0 Å². The van der Waals surface area contributed by atoms with Crippen molar-refractivity contribution in [1.29, 1.82) is 0 Å². The first-order chi connectivity index (χ1) is 8.06. The van der Waals surface area contributed by atoms with Gasteiger partial charge in [0.1, 0.15) is 12.1 Å². The van der Waals surface area contributed by atoms with Crippen molar-refractivity contribution in [2.75, 3.05) is 0 Å². The minimum Gasteiger partial charge on any atom is -0.449 e. The Morgan fingerprint density at radius 2 is 2.29 bits per heavy atom. The molecule has 0 saturated heterocycles. The number of aromatic nitrogens is 1. The van der Waals surface area contributed by atoms with Gasteiger partial charge >= 0.3 is 0 Å². The molecule has 0 amide bonds. The Morgan fingerprint density at radius 3 is 2.88 bits per heavy atom. The third-order valence-electron chi connectivity index (χ3n) is 2.47. The van der Waals surface area contributed by atoms with Gasteiger partial charge < -0.3 is 10.2 Å². The number of nitrogens with zero attached hydrogens (tertiary/aromatic N) is 1. The van der Waals surface area contributed by atoms with Crippen molar-refractivity contribution >= 4 is 15.9 Å². The van der Waals surface area contributed by atoms with Crippen LogP contribution in [-0.2, 0) is 6.42 Å². The zero-order chi connectivity index (χ0) is 12.4. The fourth-order valence-corrected chi connectivity index (χ4v) is 1.91. The van der Waals surface area contributed by atoms with Gasteiger partial charge in [-0.1, -0.05) is 22.0 Å². The summed E-state index contributed by atoms with van der Waals surface area (Å²) in [7, 11) is 0. The van der Waals surface area contributed by atoms with E-state index < -0.39 is 0 Å². The van der Waals surface area contributed by atoms with Gasteiger partial charge in [-0.15, -0.1) is 0 Å². The van der Waals surface area contributed by atoms with Crippen molar-refractivity contribution in [3.63, 3.8) is 0 Å². The highest BCUT2D eigenvalue weighted by Gasteiger charge is 2.13. The molecule has 1 aromatic carbocycles. The molecule has 2 rings (SSSR count). The van der Waals surface area contributed by atoms with Crippen LogP contribution in [0, 0.1) is 12.7 Å². The van der Waals surface area contributed by atoms with E-state index >= 15 is 0 Å². The van der Waals surface area contributed by atoms with E-state index in [4.69, 9.17) is 10.2 Å². The van der Waals surface area contributed by atoms with E-state index in [1.54, 1.807) is 19.1 Å². The van der Waals surface area contributed by atoms with Gasteiger partial charge in [-0.2, -0.15) is 0 Å². The van der Waals surface area contributed by atoms with Gasteiger partial charge in [0.05, 0.1) is 11.7 Å². The van der Waals surface area contributed by atoms with Crippen LogP contribution in [0.1, 0.15) is 23.2 Å². The molecule has 0 radical (unpaired) electrons. The number of oxazole rings is 1. The molecule has 0 aliphatic carbocycles. The predicted octanol–water partition coefficient (Wildman–Crippen LogP) is 3.13. The minimum absolute atomic E-state index is 0.268. The second kappa shape index (κ2) is 4.98. The summed E-state index contributed by atoms with van der Waals surface area (Å²) in [5.74, 6) is 0.293. The quantitative estimate of drug-likeness (QED) is 0.947. The summed E-state index contributed by atoms with van der Waals surface area (Å²) in [6.07, 6.45) is 1.90. The van der Waals surface area contributed by atoms with E-state index in [0.29, 0.717) is 28.0 Å². The molecule has 0 spiro atoms. The lowest BCUT2D eigenvalue weighted by atomic mass is 10.0. The highest BCUT2D eigenvalue weighted by atomic mass is 79.9. The van der Waals surface area contributed by atoms with Crippen LogP contribution in [0.25, 0.3) is 0 Å². The van der Waals surface area contributed by atoms with Crippen LogP contribution < -0.4 is 5.73 Å². The van der Waals surface area contributed by atoms with Crippen molar-refractivity contribution in [2.24, 2.45) is 5.73 Å². The van der Waals surface area contributed by atoms with Gasteiger partial charge in [-0.25, -0.2) is 9.37 Å². The number of hydrogen-bond donors (Lipinski definition) is 1. The van der Waals surface area contributed by atoms with E-state index in [9.17, 15) is 4.39 Å². The maximum absolute atomic E-state index is 13.6. The maximum atomic E-state index is 13.6. The SMILES string of the molecule is Cc1nc(C(N)Cc2ccc(Br)cc2F)co1. The molecule has 1 aromatic heterocycles. The van der Waals surface area contributed by atoms with Crippen LogP contribution >= 0.6 is 15.9 Å². The topological polar surface area (TPSA) is 52.0 Å². The molecule has 5 heteroatoms. The Hall–Kier alpha value is -1.20. The van der Waals surface area contributed by atoms with Gasteiger partial charge in [-0.3, -0.25) is 0 Å². The Bertz CT molecular complexity index is 527. The molecule has 0 fully saturated rings. The first kappa shape index (κ1) is 12.3. The molecule has 17 heavy (non-hydrogen) atoms. The van der Waals surface area contributed by atoms with E-state index in [2.05, 4.69) is 20.9 Å². The van der Waals surface area contributed by atoms with E-state index in [-0.39, 0.29) is 11.9 Å². The highest BCUT2D eigenvalue weighted by molar-refractivity contribution is 9.10. The number of hydrogen-bond acceptors (Lipinski definition) is 3. The third kappa shape index (κ3) is 2.92. The lowest BCUT2D eigenvalue weighted by molar-refractivity contribution is 0.519. The molecule has 1 heterocycles. The van der Waals surface area contributed by atoms with Gasteiger partial charge in [0.2, 0.25) is 0 Å². The molecule has 0 aliphatic heterocycles. The fraction of sp³-hybridized carbons (Fsp3) is 0.250. The van der Waals surface area contributed by atoms with Gasteiger partial charge in [0.15, 0.2) is 5.89 Å². The summed E-state index contributed by atoms with van der Waals surface area (Å²) in [5.41, 5.74) is 7.16. The largest absolute Gasteiger partial charge is 0.449 e. The average Bonchev–Trinajstić information content (AvgIpc) is 2.69. The second-order valence-corrected chi connectivity index (χ2v) is 4.75. The molecule has 0 aliphatic rings. The van der Waals surface area contributed by atoms with Crippen LogP contribution in [0.4, 0.5) is 4.39 Å². The zero-order valence-electron chi connectivity index (χ0n) is 9.28. The number of rotatable bonds is 3. The molecule has 0 bridgehead atoms. The molecular formula is C12H12BrFN2O. The maximum Gasteiger partial charge on any atom is 0.191 e. The van der Waals surface area contributed by atoms with Crippen molar-refractivity contribution in [3.05, 3.63) is 51.9 Å². The van der Waals surface area contributed by atoms with Crippen LogP contribution in [0.2, 0.25) is 0 Å². The molecule has 90 valence electrons. The minimum atomic E-state index is -0.358. The zero-order valence-corrected chi connectivity index (χ0v) is 10.9. The summed E-state index contributed by atoms with van der Waals surface area (Å²) in [6.45, 7) is 1.75. The van der Waals surface area contributed by atoms with Gasteiger partial charge in [0, 0.05) is 11.4 Å². The Kier molecular flexibility index (Phi) is 3.59. The predicted molar refractivity (Wildman–Crippen MR) is 66.0 cm³/mol. The van der Waals surface area contributed by atoms with Crippen molar-refractivity contribution in [3.8, 4) is 0 Å². The smallest absolute Gasteiger partial charge is 0.191 e. The average molecular weight is 299 g/mol. The lowest BCUT2D eigenvalue weighted by Crippen LogP contribution is -2.14. The van der Waals surface area contributed by atoms with Crippen molar-refractivity contribution in [1.82, 2.24) is 4.98 Å². The first-order valence-corrected chi connectivity index (χ1v) is 5.97. The summed E-state index contributed by atoms with van der Waals surface area (Å²) in [4.78, 5) is 4.13. The van der Waals surface area contributed by atoms with Crippen LogP contribution in [-0.4, -0.2) is 4.98 Å². The number of benzene rings is 1. The molecule has 1 atom stereocenters. The molecule has 3 nitrogen and oxygen atoms in total. The monoisotopic (exact) mass is 298 g/mol. The molecule has 1 unspecified atom stereocenters. The number of aryl methyl sites for hydroxylation is 1. The first-order valence-electron chi connectivity index (χ1n) is 5.18. The summed E-state index contributed by atoms with van der Waals surface area (Å²) in [6, 6.07) is 4.57. The second-order valence-electron chi connectivity index (χ2n) is 3.84. The fourth-order valence-electron chi connectivity index (χ4n) is 1.58. The van der Waals surface area contributed by atoms with Crippen LogP contribution in [0.3, 0.4) is 0 Å². The molecule has 2 aromatic rings. The third-order valence-corrected chi connectivity index (χ3v) is 2.96. The Labute approximate surface area is 107 Å². The summed E-state index contributed by atoms with van der Waals surface area (Å²) in [5, 5.41) is 0. The van der Waals surface area contributed by atoms with Gasteiger partial charge in [0.25, 0.3) is 0 Å². The Balaban J connectivity index is 2.15. The van der Waals surface area contributed by atoms with Crippen molar-refractivity contribution in [2.45, 2.75) is 19.4 Å². The summed E-state index contributed by atoms with van der Waals surface area (Å²) >= 11 is 3.21. The normalized spacial score (nSPS) is 12.7. The molecule has 0 saturated carbocycles. The Morgan fingerprint density at radius 1 is 1.53 bits per heavy atom. The lowest BCUT2D eigenvalue weighted by Gasteiger charge is -2.09.